The van der Waals surface area contributed by atoms with Crippen molar-refractivity contribution in [2.75, 3.05) is 6.61 Å². The molecule has 0 spiro atoms. The number of hydrogen-bond donors (Lipinski definition) is 2. The number of benzene rings is 1. The van der Waals surface area contributed by atoms with Crippen LogP contribution in [0.5, 0.6) is 5.75 Å². The number of unbranched alkanes of at least 4 members (excludes halogenated alkanes) is 3. The zero-order valence-electron chi connectivity index (χ0n) is 23.5. The molecular weight excluding hydrogens is 516 g/mol. The average molecular weight is 557 g/mol. The largest absolute Gasteiger partial charge is 0.494 e. The number of aromatic nitrogens is 2. The summed E-state index contributed by atoms with van der Waals surface area (Å²) in [6.45, 7) is 10.7. The minimum absolute atomic E-state index is 0.220. The first-order chi connectivity index (χ1) is 18.3. The fourth-order valence-electron chi connectivity index (χ4n) is 4.71. The third-order valence-electron chi connectivity index (χ3n) is 7.22. The molecule has 1 aromatic carbocycles. The van der Waals surface area contributed by atoms with Crippen molar-refractivity contribution in [3.63, 3.8) is 0 Å². The summed E-state index contributed by atoms with van der Waals surface area (Å²) < 4.78 is 34.8. The van der Waals surface area contributed by atoms with Gasteiger partial charge in [0.1, 0.15) is 11.3 Å². The van der Waals surface area contributed by atoms with Crippen molar-refractivity contribution in [2.45, 2.75) is 95.9 Å². The van der Waals surface area contributed by atoms with Crippen molar-refractivity contribution in [3.8, 4) is 5.75 Å². The molecule has 1 saturated carbocycles. The van der Waals surface area contributed by atoms with Gasteiger partial charge in [-0.3, -0.25) is 14.3 Å². The molecule has 2 N–H and O–H groups in total. The van der Waals surface area contributed by atoms with E-state index in [1.54, 1.807) is 16.9 Å². The van der Waals surface area contributed by atoms with Crippen LogP contribution in [0.3, 0.4) is 0 Å². The molecule has 2 amide bonds. The first kappa shape index (κ1) is 28.9. The molecule has 9 nitrogen and oxygen atoms in total. The molecule has 4 rings (SSSR count). The van der Waals surface area contributed by atoms with Crippen LogP contribution in [-0.4, -0.2) is 41.9 Å². The molecule has 39 heavy (non-hydrogen) atoms. The number of nitrogens with zero attached hydrogens (tertiary/aromatic N) is 2. The first-order valence-corrected chi connectivity index (χ1v) is 15.3. The van der Waals surface area contributed by atoms with Crippen molar-refractivity contribution in [3.05, 3.63) is 53.4 Å². The van der Waals surface area contributed by atoms with Gasteiger partial charge >= 0.3 is 0 Å². The van der Waals surface area contributed by atoms with Gasteiger partial charge in [-0.15, -0.1) is 0 Å². The van der Waals surface area contributed by atoms with E-state index < -0.39 is 32.6 Å². The monoisotopic (exact) mass is 556 g/mol. The number of carbonyl (C=O) groups excluding carboxylic acids is 2. The summed E-state index contributed by atoms with van der Waals surface area (Å²) >= 11 is 0. The van der Waals surface area contributed by atoms with Gasteiger partial charge < -0.3 is 10.1 Å². The summed E-state index contributed by atoms with van der Waals surface area (Å²) in [5.41, 5.74) is 0.325. The van der Waals surface area contributed by atoms with Crippen LogP contribution in [0.15, 0.2) is 42.1 Å². The van der Waals surface area contributed by atoms with Crippen LogP contribution < -0.4 is 14.8 Å². The highest BCUT2D eigenvalue weighted by Crippen LogP contribution is 2.39. The highest BCUT2D eigenvalue weighted by molar-refractivity contribution is 7.91. The molecule has 1 fully saturated rings. The highest BCUT2D eigenvalue weighted by Gasteiger charge is 2.43. The van der Waals surface area contributed by atoms with Crippen LogP contribution in [0.4, 0.5) is 0 Å². The van der Waals surface area contributed by atoms with Gasteiger partial charge in [0, 0.05) is 18.2 Å². The number of rotatable bonds is 11. The lowest BCUT2D eigenvalue weighted by atomic mass is 9.79. The van der Waals surface area contributed by atoms with Gasteiger partial charge in [0.15, 0.2) is 0 Å². The van der Waals surface area contributed by atoms with E-state index in [1.165, 1.54) is 12.8 Å². The number of hydrogen-bond acceptors (Lipinski definition) is 6. The zero-order chi connectivity index (χ0) is 28.4. The van der Waals surface area contributed by atoms with Crippen LogP contribution in [0.1, 0.15) is 90.8 Å². The topological polar surface area (TPSA) is 119 Å². The summed E-state index contributed by atoms with van der Waals surface area (Å²) in [4.78, 5) is 26.7. The number of amides is 2. The number of carbonyl (C=O) groups is 2. The van der Waals surface area contributed by atoms with Crippen molar-refractivity contribution in [2.24, 2.45) is 0 Å². The van der Waals surface area contributed by atoms with Gasteiger partial charge in [-0.25, -0.2) is 13.1 Å². The van der Waals surface area contributed by atoms with Crippen LogP contribution in [0.25, 0.3) is 5.57 Å². The van der Waals surface area contributed by atoms with E-state index in [0.717, 1.165) is 24.2 Å². The zero-order valence-corrected chi connectivity index (χ0v) is 24.4. The van der Waals surface area contributed by atoms with Gasteiger partial charge in [0.05, 0.1) is 28.6 Å². The molecular formula is C29H40N4O5S. The third-order valence-corrected chi connectivity index (χ3v) is 9.04. The molecule has 10 heteroatoms. The Kier molecular flexibility index (Phi) is 8.25. The van der Waals surface area contributed by atoms with Crippen molar-refractivity contribution < 1.29 is 22.7 Å². The Morgan fingerprint density at radius 2 is 1.85 bits per heavy atom. The lowest BCUT2D eigenvalue weighted by Gasteiger charge is -2.37. The molecule has 1 aliphatic carbocycles. The van der Waals surface area contributed by atoms with Gasteiger partial charge in [0.2, 0.25) is 10.0 Å². The Morgan fingerprint density at radius 3 is 2.44 bits per heavy atom. The molecule has 1 aromatic heterocycles. The second kappa shape index (κ2) is 11.2. The fraction of sp³-hybridized carbons (Fsp3) is 0.552. The molecule has 1 aliphatic heterocycles. The summed E-state index contributed by atoms with van der Waals surface area (Å²) in [5, 5.41) is 7.05. The molecule has 0 bridgehead atoms. The van der Waals surface area contributed by atoms with E-state index in [4.69, 9.17) is 4.74 Å². The van der Waals surface area contributed by atoms with E-state index in [1.807, 2.05) is 52.0 Å². The van der Waals surface area contributed by atoms with Gasteiger partial charge in [0.25, 0.3) is 11.8 Å². The molecule has 2 aromatic rings. The van der Waals surface area contributed by atoms with E-state index in [9.17, 15) is 18.0 Å². The van der Waals surface area contributed by atoms with E-state index in [0.29, 0.717) is 30.7 Å². The van der Waals surface area contributed by atoms with E-state index in [-0.39, 0.29) is 17.5 Å². The Hall–Kier alpha value is -3.14. The minimum atomic E-state index is -3.83. The predicted octanol–water partition coefficient (Wildman–Crippen LogP) is 4.39. The fourth-order valence-corrected chi connectivity index (χ4v) is 5.99. The van der Waals surface area contributed by atoms with Crippen molar-refractivity contribution in [1.82, 2.24) is 19.8 Å². The second-order valence-electron chi connectivity index (χ2n) is 11.7. The molecule has 1 atom stereocenters. The Labute approximate surface area is 231 Å². The summed E-state index contributed by atoms with van der Waals surface area (Å²) in [5.74, 6) is -0.802. The van der Waals surface area contributed by atoms with Crippen LogP contribution >= 0.6 is 0 Å². The molecule has 0 saturated heterocycles. The van der Waals surface area contributed by atoms with Crippen LogP contribution in [-0.2, 0) is 30.7 Å². The standard InChI is InChI=1S/C29H40N4O5S/c1-6-7-8-9-18-38-21-12-10-20(11-13-21)29(5)19-23(24-16-17-33(31-24)28(2,3)4)25(26(34)30-29)27(35)32-39(36,37)22-14-15-22/h10-13,16-17,22H,6-9,14-15,18-19H2,1-5H3,(H,30,34)(H,32,35)/t29-/m0/s1. The maximum absolute atomic E-state index is 13.5. The SMILES string of the molecule is CCCCCCOc1ccc([C@]2(C)CC(c3ccn(C(C)(C)C)n3)=C(C(=O)NS(=O)(=O)C3CC3)C(=O)N2)cc1. The van der Waals surface area contributed by atoms with E-state index >= 15 is 0 Å². The molecule has 0 unspecified atom stereocenters. The molecule has 0 radical (unpaired) electrons. The maximum atomic E-state index is 13.5. The number of nitrogens with one attached hydrogen (secondary N) is 2. The average Bonchev–Trinajstić information content (AvgIpc) is 3.60. The lowest BCUT2D eigenvalue weighted by Crippen LogP contribution is -2.51. The number of ether oxygens (including phenoxy) is 1. The Balaban J connectivity index is 1.64. The molecule has 2 heterocycles. The summed E-state index contributed by atoms with van der Waals surface area (Å²) in [7, 11) is -3.83. The minimum Gasteiger partial charge on any atom is -0.494 e. The van der Waals surface area contributed by atoms with Crippen LogP contribution in [0.2, 0.25) is 0 Å². The Bertz CT molecular complexity index is 1350. The molecule has 212 valence electrons. The van der Waals surface area contributed by atoms with Crippen LogP contribution in [0, 0.1) is 0 Å². The third kappa shape index (κ3) is 6.72. The molecule has 2 aliphatic rings. The smallest absolute Gasteiger partial charge is 0.270 e. The lowest BCUT2D eigenvalue weighted by molar-refractivity contribution is -0.124. The Morgan fingerprint density at radius 1 is 1.15 bits per heavy atom. The first-order valence-electron chi connectivity index (χ1n) is 13.8. The van der Waals surface area contributed by atoms with Gasteiger partial charge in [-0.1, -0.05) is 38.3 Å². The van der Waals surface area contributed by atoms with Crippen molar-refractivity contribution >= 4 is 27.4 Å². The van der Waals surface area contributed by atoms with E-state index in [2.05, 4.69) is 22.1 Å². The second-order valence-corrected chi connectivity index (χ2v) is 13.7. The highest BCUT2D eigenvalue weighted by atomic mass is 32.2. The predicted molar refractivity (Wildman–Crippen MR) is 150 cm³/mol. The normalized spacial score (nSPS) is 20.1. The van der Waals surface area contributed by atoms with Gasteiger partial charge in [-0.2, -0.15) is 5.10 Å². The number of sulfonamides is 1. The maximum Gasteiger partial charge on any atom is 0.270 e. The van der Waals surface area contributed by atoms with Crippen molar-refractivity contribution in [1.29, 1.82) is 0 Å². The summed E-state index contributed by atoms with van der Waals surface area (Å²) in [6.07, 6.45) is 7.57. The summed E-state index contributed by atoms with van der Waals surface area (Å²) in [6, 6.07) is 9.35. The van der Waals surface area contributed by atoms with Gasteiger partial charge in [-0.05, 0) is 70.7 Å². The quantitative estimate of drug-likeness (QED) is 0.313.